The Morgan fingerprint density at radius 2 is 2.05 bits per heavy atom. The maximum Gasteiger partial charge on any atom is 0.323 e. The van der Waals surface area contributed by atoms with Gasteiger partial charge in [-0.05, 0) is 24.8 Å². The lowest BCUT2D eigenvalue weighted by Gasteiger charge is -2.17. The molecule has 2 aromatic heterocycles. The molecule has 0 aliphatic carbocycles. The van der Waals surface area contributed by atoms with E-state index in [1.165, 1.54) is 4.88 Å². The van der Waals surface area contributed by atoms with Gasteiger partial charge in [0.1, 0.15) is 0 Å². The first-order valence-electron chi connectivity index (χ1n) is 7.13. The van der Waals surface area contributed by atoms with Gasteiger partial charge in [0, 0.05) is 11.9 Å². The summed E-state index contributed by atoms with van der Waals surface area (Å²) in [6.07, 6.45) is 2.10. The predicted molar refractivity (Wildman–Crippen MR) is 86.1 cm³/mol. The minimum Gasteiger partial charge on any atom is -0.464 e. The van der Waals surface area contributed by atoms with Crippen molar-refractivity contribution in [1.29, 1.82) is 0 Å². The molecule has 0 amide bonds. The van der Waals surface area contributed by atoms with Crippen molar-refractivity contribution in [1.82, 2.24) is 15.0 Å². The molecule has 1 atom stereocenters. The molecular formula is C14H21N5OS. The highest BCUT2D eigenvalue weighted by Crippen LogP contribution is 2.26. The van der Waals surface area contributed by atoms with E-state index in [1.54, 1.807) is 18.4 Å². The van der Waals surface area contributed by atoms with Crippen molar-refractivity contribution in [3.63, 3.8) is 0 Å². The van der Waals surface area contributed by atoms with E-state index < -0.39 is 0 Å². The second kappa shape index (κ2) is 7.78. The Labute approximate surface area is 129 Å². The SMILES string of the molecule is CCCC(Nc1nc(NC)nc(OCC)n1)c1cccs1. The van der Waals surface area contributed by atoms with Crippen LogP contribution in [0.5, 0.6) is 6.01 Å². The molecule has 0 fully saturated rings. The lowest BCUT2D eigenvalue weighted by molar-refractivity contribution is 0.312. The average Bonchev–Trinajstić information content (AvgIpc) is 3.01. The zero-order valence-corrected chi connectivity index (χ0v) is 13.4. The van der Waals surface area contributed by atoms with Crippen molar-refractivity contribution in [3.05, 3.63) is 22.4 Å². The molecule has 7 heteroatoms. The Balaban J connectivity index is 2.21. The molecule has 0 saturated heterocycles. The van der Waals surface area contributed by atoms with E-state index in [0.29, 0.717) is 24.5 Å². The summed E-state index contributed by atoms with van der Waals surface area (Å²) < 4.78 is 5.38. The van der Waals surface area contributed by atoms with Crippen LogP contribution < -0.4 is 15.4 Å². The number of ether oxygens (including phenoxy) is 1. The molecular weight excluding hydrogens is 286 g/mol. The quantitative estimate of drug-likeness (QED) is 0.779. The number of anilines is 2. The summed E-state index contributed by atoms with van der Waals surface area (Å²) in [6.45, 7) is 4.59. The largest absolute Gasteiger partial charge is 0.464 e. The topological polar surface area (TPSA) is 72.0 Å². The highest BCUT2D eigenvalue weighted by atomic mass is 32.1. The number of rotatable bonds is 8. The third kappa shape index (κ3) is 4.29. The minimum atomic E-state index is 0.205. The molecule has 0 spiro atoms. The fourth-order valence-electron chi connectivity index (χ4n) is 1.95. The van der Waals surface area contributed by atoms with Gasteiger partial charge in [-0.25, -0.2) is 0 Å². The first-order valence-corrected chi connectivity index (χ1v) is 8.01. The second-order valence-corrected chi connectivity index (χ2v) is 5.43. The van der Waals surface area contributed by atoms with Crippen LogP contribution in [0.3, 0.4) is 0 Å². The van der Waals surface area contributed by atoms with Crippen molar-refractivity contribution >= 4 is 23.2 Å². The first kappa shape index (κ1) is 15.5. The molecule has 2 rings (SSSR count). The average molecular weight is 307 g/mol. The van der Waals surface area contributed by atoms with E-state index in [1.807, 2.05) is 6.92 Å². The lowest BCUT2D eigenvalue weighted by Crippen LogP contribution is -2.14. The summed E-state index contributed by atoms with van der Waals surface area (Å²) in [7, 11) is 1.78. The summed E-state index contributed by atoms with van der Waals surface area (Å²) in [6, 6.07) is 4.72. The van der Waals surface area contributed by atoms with Crippen molar-refractivity contribution in [2.75, 3.05) is 24.3 Å². The number of aromatic nitrogens is 3. The van der Waals surface area contributed by atoms with Crippen LogP contribution in [0, 0.1) is 0 Å². The van der Waals surface area contributed by atoms with E-state index >= 15 is 0 Å². The Kier molecular flexibility index (Phi) is 5.74. The van der Waals surface area contributed by atoms with Crippen molar-refractivity contribution in [3.8, 4) is 6.01 Å². The van der Waals surface area contributed by atoms with Crippen LogP contribution >= 0.6 is 11.3 Å². The Hall–Kier alpha value is -1.89. The third-order valence-corrected chi connectivity index (χ3v) is 3.87. The molecule has 2 heterocycles. The van der Waals surface area contributed by atoms with Crippen LogP contribution in [0.2, 0.25) is 0 Å². The zero-order valence-electron chi connectivity index (χ0n) is 12.6. The summed E-state index contributed by atoms with van der Waals surface area (Å²) in [5.74, 6) is 1.03. The molecule has 6 nitrogen and oxygen atoms in total. The molecule has 0 aliphatic heterocycles. The van der Waals surface area contributed by atoms with Crippen molar-refractivity contribution in [2.45, 2.75) is 32.7 Å². The third-order valence-electron chi connectivity index (χ3n) is 2.88. The van der Waals surface area contributed by atoms with Gasteiger partial charge < -0.3 is 15.4 Å². The molecule has 1 unspecified atom stereocenters. The standard InChI is InChI=1S/C14H21N5OS/c1-4-7-10(11-8-6-9-21-11)16-13-17-12(15-3)18-14(19-13)20-5-2/h6,8-10H,4-5,7H2,1-3H3,(H2,15,16,17,18,19). The second-order valence-electron chi connectivity index (χ2n) is 4.45. The highest BCUT2D eigenvalue weighted by Gasteiger charge is 2.14. The van der Waals surface area contributed by atoms with Gasteiger partial charge in [0.05, 0.1) is 12.6 Å². The molecule has 0 aliphatic rings. The van der Waals surface area contributed by atoms with Crippen LogP contribution in [-0.4, -0.2) is 28.6 Å². The van der Waals surface area contributed by atoms with Gasteiger partial charge in [-0.3, -0.25) is 0 Å². The monoisotopic (exact) mass is 307 g/mol. The van der Waals surface area contributed by atoms with Crippen LogP contribution in [0.1, 0.15) is 37.6 Å². The molecule has 0 saturated carbocycles. The number of hydrogen-bond acceptors (Lipinski definition) is 7. The van der Waals surface area contributed by atoms with Crippen molar-refractivity contribution in [2.24, 2.45) is 0 Å². The number of nitrogens with one attached hydrogen (secondary N) is 2. The van der Waals surface area contributed by atoms with Gasteiger partial charge in [-0.15, -0.1) is 11.3 Å². The van der Waals surface area contributed by atoms with Gasteiger partial charge >= 0.3 is 6.01 Å². The normalized spacial score (nSPS) is 12.0. The van der Waals surface area contributed by atoms with Crippen molar-refractivity contribution < 1.29 is 4.74 Å². The van der Waals surface area contributed by atoms with E-state index in [0.717, 1.165) is 12.8 Å². The highest BCUT2D eigenvalue weighted by molar-refractivity contribution is 7.10. The lowest BCUT2D eigenvalue weighted by atomic mass is 10.1. The maximum atomic E-state index is 5.38. The van der Waals surface area contributed by atoms with E-state index in [2.05, 4.69) is 50.0 Å². The Morgan fingerprint density at radius 3 is 2.67 bits per heavy atom. The molecule has 0 bridgehead atoms. The molecule has 2 aromatic rings. The number of thiophene rings is 1. The van der Waals surface area contributed by atoms with Gasteiger partial charge in [-0.2, -0.15) is 15.0 Å². The van der Waals surface area contributed by atoms with Gasteiger partial charge in [0.2, 0.25) is 11.9 Å². The minimum absolute atomic E-state index is 0.205. The van der Waals surface area contributed by atoms with Crippen LogP contribution in [0.25, 0.3) is 0 Å². The molecule has 0 aromatic carbocycles. The summed E-state index contributed by atoms with van der Waals surface area (Å²) in [4.78, 5) is 14.1. The Morgan fingerprint density at radius 1 is 1.24 bits per heavy atom. The first-order chi connectivity index (χ1) is 10.3. The Bertz CT molecular complexity index is 546. The summed E-state index contributed by atoms with van der Waals surface area (Å²) in [5, 5.41) is 8.39. The van der Waals surface area contributed by atoms with Gasteiger partial charge in [0.15, 0.2) is 0 Å². The van der Waals surface area contributed by atoms with Crippen LogP contribution in [0.15, 0.2) is 17.5 Å². The maximum absolute atomic E-state index is 5.38. The summed E-state index contributed by atoms with van der Waals surface area (Å²) >= 11 is 1.73. The number of nitrogens with zero attached hydrogens (tertiary/aromatic N) is 3. The predicted octanol–water partition coefficient (Wildman–Crippen LogP) is 3.33. The van der Waals surface area contributed by atoms with Crippen LogP contribution in [0.4, 0.5) is 11.9 Å². The smallest absolute Gasteiger partial charge is 0.323 e. The zero-order chi connectivity index (χ0) is 15.1. The van der Waals surface area contributed by atoms with Gasteiger partial charge in [-0.1, -0.05) is 19.4 Å². The van der Waals surface area contributed by atoms with Crippen LogP contribution in [-0.2, 0) is 0 Å². The number of hydrogen-bond donors (Lipinski definition) is 2. The van der Waals surface area contributed by atoms with E-state index in [-0.39, 0.29) is 6.04 Å². The van der Waals surface area contributed by atoms with Gasteiger partial charge in [0.25, 0.3) is 0 Å². The summed E-state index contributed by atoms with van der Waals surface area (Å²) in [5.41, 5.74) is 0. The molecule has 114 valence electrons. The molecule has 2 N–H and O–H groups in total. The van der Waals surface area contributed by atoms with E-state index in [9.17, 15) is 0 Å². The van der Waals surface area contributed by atoms with E-state index in [4.69, 9.17) is 4.74 Å². The fraction of sp³-hybridized carbons (Fsp3) is 0.500. The molecule has 0 radical (unpaired) electrons. The molecule has 21 heavy (non-hydrogen) atoms. The fourth-order valence-corrected chi connectivity index (χ4v) is 2.76.